The van der Waals surface area contributed by atoms with Gasteiger partial charge in [0.1, 0.15) is 0 Å². The van der Waals surface area contributed by atoms with Crippen LogP contribution in [0.2, 0.25) is 0 Å². The third kappa shape index (κ3) is 4.65. The van der Waals surface area contributed by atoms with Gasteiger partial charge in [0.2, 0.25) is 0 Å². The Morgan fingerprint density at radius 3 is 2.43 bits per heavy atom. The molecule has 164 valence electrons. The Bertz CT molecular complexity index is 836. The second kappa shape index (κ2) is 9.84. The molecule has 1 aliphatic heterocycles. The smallest absolute Gasteiger partial charge is 0.163 e. The summed E-state index contributed by atoms with van der Waals surface area (Å²) >= 11 is 0. The number of rotatable bonds is 7. The fraction of sp³-hybridized carbons (Fsp3) is 0.625. The van der Waals surface area contributed by atoms with Crippen molar-refractivity contribution in [3.8, 4) is 11.5 Å². The van der Waals surface area contributed by atoms with Gasteiger partial charge in [0.25, 0.3) is 0 Å². The quantitative estimate of drug-likeness (QED) is 0.709. The van der Waals surface area contributed by atoms with Crippen LogP contribution >= 0.6 is 0 Å². The van der Waals surface area contributed by atoms with Crippen LogP contribution in [0.5, 0.6) is 11.5 Å². The lowest BCUT2D eigenvalue weighted by atomic mass is 9.89. The van der Waals surface area contributed by atoms with E-state index >= 15 is 0 Å². The number of anilines is 1. The Labute approximate surface area is 179 Å². The van der Waals surface area contributed by atoms with E-state index in [2.05, 4.69) is 21.3 Å². The Balaban J connectivity index is 1.47. The maximum Gasteiger partial charge on any atom is 0.163 e. The van der Waals surface area contributed by atoms with E-state index in [0.29, 0.717) is 25.3 Å². The van der Waals surface area contributed by atoms with E-state index in [1.807, 2.05) is 32.2 Å². The molecular weight excluding hydrogens is 378 g/mol. The zero-order chi connectivity index (χ0) is 20.9. The van der Waals surface area contributed by atoms with Crippen LogP contribution < -0.4 is 14.8 Å². The molecule has 2 fully saturated rings. The van der Waals surface area contributed by atoms with Crippen molar-refractivity contribution in [2.45, 2.75) is 70.6 Å². The molecule has 1 saturated heterocycles. The molecule has 0 spiro atoms. The highest BCUT2D eigenvalue weighted by Gasteiger charge is 2.31. The number of likely N-dealkylation sites (tertiary alicyclic amines) is 1. The minimum atomic E-state index is -0.149. The lowest BCUT2D eigenvalue weighted by Crippen LogP contribution is -2.50. The summed E-state index contributed by atoms with van der Waals surface area (Å²) in [6.45, 7) is 7.24. The molecule has 1 aromatic heterocycles. The molecule has 0 amide bonds. The molecule has 2 atom stereocenters. The molecule has 1 aromatic carbocycles. The summed E-state index contributed by atoms with van der Waals surface area (Å²) in [7, 11) is 0. The van der Waals surface area contributed by atoms with Gasteiger partial charge in [-0.25, -0.2) is 0 Å². The van der Waals surface area contributed by atoms with Crippen molar-refractivity contribution in [2.75, 3.05) is 31.6 Å². The number of hydrogen-bond acceptors (Lipinski definition) is 6. The first kappa shape index (κ1) is 21.2. The molecule has 30 heavy (non-hydrogen) atoms. The molecule has 1 aliphatic carbocycles. The van der Waals surface area contributed by atoms with Gasteiger partial charge in [0, 0.05) is 48.5 Å². The normalized spacial score (nSPS) is 23.4. The fourth-order valence-electron chi connectivity index (χ4n) is 4.93. The number of aliphatic hydroxyl groups is 1. The highest BCUT2D eigenvalue weighted by Crippen LogP contribution is 2.36. The van der Waals surface area contributed by atoms with Crippen LogP contribution in [-0.2, 0) is 0 Å². The van der Waals surface area contributed by atoms with Crippen LogP contribution in [-0.4, -0.2) is 59.5 Å². The molecule has 2 unspecified atom stereocenters. The van der Waals surface area contributed by atoms with E-state index in [1.165, 1.54) is 12.8 Å². The van der Waals surface area contributed by atoms with Crippen LogP contribution in [0, 0.1) is 0 Å². The third-order valence-electron chi connectivity index (χ3n) is 6.46. The average Bonchev–Trinajstić information content (AvgIpc) is 2.76. The number of ether oxygens (including phenoxy) is 2. The number of nitrogens with one attached hydrogen (secondary N) is 1. The van der Waals surface area contributed by atoms with Crippen LogP contribution in [0.4, 0.5) is 5.69 Å². The number of benzene rings is 1. The molecule has 6 nitrogen and oxygen atoms in total. The van der Waals surface area contributed by atoms with E-state index in [4.69, 9.17) is 9.47 Å². The summed E-state index contributed by atoms with van der Waals surface area (Å²) in [5.74, 6) is 1.51. The first-order valence-electron chi connectivity index (χ1n) is 11.6. The molecule has 4 rings (SSSR count). The van der Waals surface area contributed by atoms with E-state index < -0.39 is 0 Å². The number of fused-ring (bicyclic) bond motifs is 1. The fourth-order valence-corrected chi connectivity index (χ4v) is 4.93. The van der Waals surface area contributed by atoms with E-state index in [9.17, 15) is 5.11 Å². The lowest BCUT2D eigenvalue weighted by molar-refractivity contribution is 0.00994. The molecule has 0 bridgehead atoms. The Morgan fingerprint density at radius 2 is 1.73 bits per heavy atom. The van der Waals surface area contributed by atoms with Crippen molar-refractivity contribution in [1.29, 1.82) is 0 Å². The van der Waals surface area contributed by atoms with Crippen LogP contribution in [0.25, 0.3) is 10.9 Å². The summed E-state index contributed by atoms with van der Waals surface area (Å²) in [5, 5.41) is 15.2. The molecule has 1 saturated carbocycles. The standard InChI is InChI=1S/C24H35N3O3/c1-3-29-23-15-18-19(9-12-25-20(18)16-24(23)30-4-2)26-17-10-13-27(14-11-17)21-7-5-6-8-22(21)28/h9,12,15-17,21-22,28H,3-8,10-11,13-14H2,1-2H3,(H,25,26). The van der Waals surface area contributed by atoms with E-state index in [1.54, 1.807) is 0 Å². The van der Waals surface area contributed by atoms with Gasteiger partial charge in [0.15, 0.2) is 11.5 Å². The summed E-state index contributed by atoms with van der Waals surface area (Å²) < 4.78 is 11.6. The van der Waals surface area contributed by atoms with Crippen LogP contribution in [0.1, 0.15) is 52.4 Å². The van der Waals surface area contributed by atoms with Gasteiger partial charge >= 0.3 is 0 Å². The maximum absolute atomic E-state index is 10.4. The van der Waals surface area contributed by atoms with Gasteiger partial charge in [-0.15, -0.1) is 0 Å². The van der Waals surface area contributed by atoms with Crippen molar-refractivity contribution in [1.82, 2.24) is 9.88 Å². The summed E-state index contributed by atoms with van der Waals surface area (Å²) in [6, 6.07) is 6.85. The molecule has 6 heteroatoms. The Morgan fingerprint density at radius 1 is 1.03 bits per heavy atom. The number of nitrogens with zero attached hydrogens (tertiary/aromatic N) is 2. The number of pyridine rings is 1. The number of aromatic nitrogens is 1. The highest BCUT2D eigenvalue weighted by atomic mass is 16.5. The van der Waals surface area contributed by atoms with Crippen molar-refractivity contribution < 1.29 is 14.6 Å². The molecule has 2 aliphatic rings. The van der Waals surface area contributed by atoms with E-state index in [0.717, 1.165) is 66.9 Å². The van der Waals surface area contributed by atoms with Crippen molar-refractivity contribution in [3.63, 3.8) is 0 Å². The van der Waals surface area contributed by atoms with Crippen molar-refractivity contribution in [2.24, 2.45) is 0 Å². The number of hydrogen-bond donors (Lipinski definition) is 2. The largest absolute Gasteiger partial charge is 0.490 e. The van der Waals surface area contributed by atoms with Crippen molar-refractivity contribution in [3.05, 3.63) is 24.4 Å². The Hall–Kier alpha value is -2.05. The van der Waals surface area contributed by atoms with Gasteiger partial charge in [-0.05, 0) is 51.7 Å². The second-order valence-electron chi connectivity index (χ2n) is 8.41. The highest BCUT2D eigenvalue weighted by molar-refractivity contribution is 5.93. The molecule has 0 radical (unpaired) electrons. The second-order valence-corrected chi connectivity index (χ2v) is 8.41. The maximum atomic E-state index is 10.4. The monoisotopic (exact) mass is 413 g/mol. The molecular formula is C24H35N3O3. The average molecular weight is 414 g/mol. The van der Waals surface area contributed by atoms with E-state index in [-0.39, 0.29) is 6.10 Å². The zero-order valence-corrected chi connectivity index (χ0v) is 18.3. The van der Waals surface area contributed by atoms with Gasteiger partial charge in [-0.1, -0.05) is 12.8 Å². The summed E-state index contributed by atoms with van der Waals surface area (Å²) in [4.78, 5) is 7.06. The summed E-state index contributed by atoms with van der Waals surface area (Å²) in [5.41, 5.74) is 2.01. The van der Waals surface area contributed by atoms with Gasteiger partial charge in [-0.2, -0.15) is 0 Å². The minimum Gasteiger partial charge on any atom is -0.490 e. The first-order chi connectivity index (χ1) is 14.7. The summed E-state index contributed by atoms with van der Waals surface area (Å²) in [6.07, 6.45) is 8.38. The Kier molecular flexibility index (Phi) is 6.95. The number of aliphatic hydroxyl groups excluding tert-OH is 1. The SMILES string of the molecule is CCOc1cc2nccc(NC3CCN(C4CCCCC4O)CC3)c2cc1OCC. The predicted molar refractivity (Wildman–Crippen MR) is 121 cm³/mol. The van der Waals surface area contributed by atoms with Crippen LogP contribution in [0.15, 0.2) is 24.4 Å². The van der Waals surface area contributed by atoms with Crippen LogP contribution in [0.3, 0.4) is 0 Å². The third-order valence-corrected chi connectivity index (χ3v) is 6.46. The minimum absolute atomic E-state index is 0.149. The van der Waals surface area contributed by atoms with Crippen molar-refractivity contribution >= 4 is 16.6 Å². The zero-order valence-electron chi connectivity index (χ0n) is 18.3. The van der Waals surface area contributed by atoms with Gasteiger partial charge < -0.3 is 19.9 Å². The topological polar surface area (TPSA) is 66.9 Å². The number of piperidine rings is 1. The predicted octanol–water partition coefficient (Wildman–Crippen LogP) is 4.21. The first-order valence-corrected chi connectivity index (χ1v) is 11.6. The molecule has 2 aromatic rings. The molecule has 2 heterocycles. The molecule has 2 N–H and O–H groups in total. The lowest BCUT2D eigenvalue weighted by Gasteiger charge is -2.41. The van der Waals surface area contributed by atoms with Gasteiger partial charge in [0.05, 0.1) is 24.8 Å². The van der Waals surface area contributed by atoms with Gasteiger partial charge in [-0.3, -0.25) is 9.88 Å².